The van der Waals surface area contributed by atoms with E-state index in [1.165, 1.54) is 4.90 Å². The molecule has 144 valence electrons. The number of morpholine rings is 1. The van der Waals surface area contributed by atoms with Crippen molar-refractivity contribution in [3.8, 4) is 0 Å². The summed E-state index contributed by atoms with van der Waals surface area (Å²) in [6, 6.07) is 16.5. The highest BCUT2D eigenvalue weighted by atomic mass is 16.5. The summed E-state index contributed by atoms with van der Waals surface area (Å²) in [7, 11) is 0. The molecule has 0 radical (unpaired) electrons. The van der Waals surface area contributed by atoms with E-state index in [0.29, 0.717) is 24.3 Å². The average molecular weight is 378 g/mol. The number of fused-ring (bicyclic) bond motifs is 1. The fraction of sp³-hybridized carbons (Fsp3) is 0.318. The van der Waals surface area contributed by atoms with E-state index < -0.39 is 0 Å². The van der Waals surface area contributed by atoms with Crippen LogP contribution >= 0.6 is 0 Å². The van der Waals surface area contributed by atoms with Gasteiger partial charge >= 0.3 is 0 Å². The molecule has 0 aliphatic carbocycles. The number of rotatable bonds is 4. The molecule has 2 atom stereocenters. The fourth-order valence-electron chi connectivity index (χ4n) is 3.95. The van der Waals surface area contributed by atoms with E-state index in [-0.39, 0.29) is 42.8 Å². The van der Waals surface area contributed by atoms with E-state index in [0.717, 1.165) is 5.56 Å². The number of benzene rings is 2. The van der Waals surface area contributed by atoms with Crippen LogP contribution in [0.15, 0.2) is 54.6 Å². The second kappa shape index (κ2) is 7.56. The summed E-state index contributed by atoms with van der Waals surface area (Å²) < 4.78 is 5.90. The van der Waals surface area contributed by atoms with Crippen LogP contribution in [0.4, 0.5) is 0 Å². The molecule has 6 nitrogen and oxygen atoms in total. The molecule has 0 N–H and O–H groups in total. The first-order valence-electron chi connectivity index (χ1n) is 9.49. The lowest BCUT2D eigenvalue weighted by Crippen LogP contribution is -2.49. The van der Waals surface area contributed by atoms with E-state index in [1.807, 2.05) is 37.3 Å². The molecule has 1 fully saturated rings. The van der Waals surface area contributed by atoms with E-state index in [4.69, 9.17) is 4.74 Å². The molecular weight excluding hydrogens is 356 g/mol. The summed E-state index contributed by atoms with van der Waals surface area (Å²) in [6.45, 7) is 3.02. The van der Waals surface area contributed by atoms with Gasteiger partial charge in [-0.15, -0.1) is 0 Å². The topological polar surface area (TPSA) is 66.9 Å². The van der Waals surface area contributed by atoms with Crippen LogP contribution in [0.1, 0.15) is 45.7 Å². The van der Waals surface area contributed by atoms with Crippen molar-refractivity contribution in [2.45, 2.75) is 25.5 Å². The number of nitrogens with zero attached hydrogens (tertiary/aromatic N) is 2. The first kappa shape index (κ1) is 18.4. The Bertz CT molecular complexity index is 877. The molecule has 0 unspecified atom stereocenters. The van der Waals surface area contributed by atoms with Gasteiger partial charge in [-0.25, -0.2) is 0 Å². The number of carbonyl (C=O) groups is 3. The molecular formula is C22H22N2O4. The Kier molecular flexibility index (Phi) is 4.96. The molecule has 0 bridgehead atoms. The van der Waals surface area contributed by atoms with Crippen molar-refractivity contribution in [2.24, 2.45) is 0 Å². The molecule has 2 aromatic rings. The maximum Gasteiger partial charge on any atom is 0.261 e. The number of hydrogen-bond donors (Lipinski definition) is 0. The summed E-state index contributed by atoms with van der Waals surface area (Å²) in [5.41, 5.74) is 1.85. The summed E-state index contributed by atoms with van der Waals surface area (Å²) in [5.74, 6) is -0.732. The molecule has 0 spiro atoms. The lowest BCUT2D eigenvalue weighted by Gasteiger charge is -2.39. The van der Waals surface area contributed by atoms with Crippen molar-refractivity contribution in [1.29, 1.82) is 0 Å². The lowest BCUT2D eigenvalue weighted by atomic mass is 10.0. The number of imide groups is 1. The standard InChI is InChI=1S/C22H22N2O4/c1-15-20(16-7-3-2-4-8-16)28-14-13-23(15)19(25)11-12-24-21(26)17-9-5-6-10-18(17)22(24)27/h2-10,15,20H,11-14H2,1H3/t15-,20+/m1/s1. The van der Waals surface area contributed by atoms with Gasteiger partial charge in [0.25, 0.3) is 11.8 Å². The molecule has 1 saturated heterocycles. The van der Waals surface area contributed by atoms with Crippen LogP contribution < -0.4 is 0 Å². The first-order chi connectivity index (χ1) is 13.6. The monoisotopic (exact) mass is 378 g/mol. The average Bonchev–Trinajstić information content (AvgIpc) is 2.97. The number of carbonyl (C=O) groups excluding carboxylic acids is 3. The third-order valence-electron chi connectivity index (χ3n) is 5.44. The van der Waals surface area contributed by atoms with E-state index in [9.17, 15) is 14.4 Å². The molecule has 28 heavy (non-hydrogen) atoms. The largest absolute Gasteiger partial charge is 0.370 e. The molecule has 2 aromatic carbocycles. The Hall–Kier alpha value is -2.99. The summed E-state index contributed by atoms with van der Waals surface area (Å²) in [5, 5.41) is 0. The highest BCUT2D eigenvalue weighted by molar-refractivity contribution is 6.21. The minimum Gasteiger partial charge on any atom is -0.370 e. The van der Waals surface area contributed by atoms with Crippen molar-refractivity contribution in [2.75, 3.05) is 19.7 Å². The fourth-order valence-corrected chi connectivity index (χ4v) is 3.95. The molecule has 6 heteroatoms. The van der Waals surface area contributed by atoms with Crippen LogP contribution in [0.25, 0.3) is 0 Å². The first-order valence-corrected chi connectivity index (χ1v) is 9.49. The molecule has 2 aliphatic rings. The predicted octanol–water partition coefficient (Wildman–Crippen LogP) is 2.66. The van der Waals surface area contributed by atoms with Crippen molar-refractivity contribution < 1.29 is 19.1 Å². The maximum absolute atomic E-state index is 12.8. The number of amides is 3. The van der Waals surface area contributed by atoms with Crippen molar-refractivity contribution in [3.05, 3.63) is 71.3 Å². The van der Waals surface area contributed by atoms with E-state index in [1.54, 1.807) is 29.2 Å². The minimum atomic E-state index is -0.328. The van der Waals surface area contributed by atoms with Crippen LogP contribution in [-0.4, -0.2) is 53.3 Å². The molecule has 2 aliphatic heterocycles. The lowest BCUT2D eigenvalue weighted by molar-refractivity contribution is -0.145. The molecule has 2 heterocycles. The van der Waals surface area contributed by atoms with Crippen LogP contribution in [0, 0.1) is 0 Å². The van der Waals surface area contributed by atoms with Gasteiger partial charge in [-0.1, -0.05) is 42.5 Å². The normalized spacial score (nSPS) is 21.8. The molecule has 0 saturated carbocycles. The van der Waals surface area contributed by atoms with Crippen LogP contribution in [-0.2, 0) is 9.53 Å². The van der Waals surface area contributed by atoms with E-state index >= 15 is 0 Å². The Labute approximate surface area is 163 Å². The quantitative estimate of drug-likeness (QED) is 0.767. The Balaban J connectivity index is 1.42. The third kappa shape index (κ3) is 3.20. The second-order valence-corrected chi connectivity index (χ2v) is 7.09. The molecule has 4 rings (SSSR count). The van der Waals surface area contributed by atoms with Gasteiger partial charge in [-0.05, 0) is 24.6 Å². The van der Waals surface area contributed by atoms with Gasteiger partial charge in [0.15, 0.2) is 0 Å². The Morgan fingerprint density at radius 2 is 1.61 bits per heavy atom. The predicted molar refractivity (Wildman–Crippen MR) is 103 cm³/mol. The summed E-state index contributed by atoms with van der Waals surface area (Å²) >= 11 is 0. The summed E-state index contributed by atoms with van der Waals surface area (Å²) in [4.78, 5) is 40.7. The van der Waals surface area contributed by atoms with Gasteiger partial charge in [-0.2, -0.15) is 0 Å². The van der Waals surface area contributed by atoms with Gasteiger partial charge in [0, 0.05) is 19.5 Å². The zero-order valence-corrected chi connectivity index (χ0v) is 15.7. The minimum absolute atomic E-state index is 0.0757. The van der Waals surface area contributed by atoms with Crippen molar-refractivity contribution >= 4 is 17.7 Å². The van der Waals surface area contributed by atoms with Crippen LogP contribution in [0.3, 0.4) is 0 Å². The smallest absolute Gasteiger partial charge is 0.261 e. The van der Waals surface area contributed by atoms with Crippen molar-refractivity contribution in [3.63, 3.8) is 0 Å². The van der Waals surface area contributed by atoms with E-state index in [2.05, 4.69) is 0 Å². The zero-order valence-electron chi connectivity index (χ0n) is 15.7. The maximum atomic E-state index is 12.8. The Morgan fingerprint density at radius 1 is 1.00 bits per heavy atom. The Morgan fingerprint density at radius 3 is 2.25 bits per heavy atom. The third-order valence-corrected chi connectivity index (χ3v) is 5.44. The zero-order chi connectivity index (χ0) is 19.7. The SMILES string of the molecule is C[C@@H]1[C@@H](c2ccccc2)OCCN1C(=O)CCN1C(=O)c2ccccc2C1=O. The number of hydrogen-bond acceptors (Lipinski definition) is 4. The van der Waals surface area contributed by atoms with Crippen molar-refractivity contribution in [1.82, 2.24) is 9.80 Å². The highest BCUT2D eigenvalue weighted by Gasteiger charge is 2.37. The van der Waals surface area contributed by atoms with Gasteiger partial charge in [0.05, 0.1) is 23.8 Å². The van der Waals surface area contributed by atoms with Crippen LogP contribution in [0.5, 0.6) is 0 Å². The van der Waals surface area contributed by atoms with Gasteiger partial charge in [-0.3, -0.25) is 19.3 Å². The van der Waals surface area contributed by atoms with Gasteiger partial charge < -0.3 is 9.64 Å². The second-order valence-electron chi connectivity index (χ2n) is 7.09. The van der Waals surface area contributed by atoms with Gasteiger partial charge in [0.1, 0.15) is 6.10 Å². The van der Waals surface area contributed by atoms with Gasteiger partial charge in [0.2, 0.25) is 5.91 Å². The van der Waals surface area contributed by atoms with Crippen LogP contribution in [0.2, 0.25) is 0 Å². The molecule has 0 aromatic heterocycles. The summed E-state index contributed by atoms with van der Waals surface area (Å²) in [6.07, 6.45) is -0.0738. The highest BCUT2D eigenvalue weighted by Crippen LogP contribution is 2.29. The molecule has 3 amide bonds. The number of ether oxygens (including phenoxy) is 1.